The van der Waals surface area contributed by atoms with Gasteiger partial charge in [0, 0.05) is 13.0 Å². The molecule has 1 rings (SSSR count). The van der Waals surface area contributed by atoms with Crippen LogP contribution in [0.2, 0.25) is 0 Å². The SMILES string of the molecule is C=CCNCC(=O)CC1CCC1. The lowest BCUT2D eigenvalue weighted by Crippen LogP contribution is -2.26. The maximum absolute atomic E-state index is 11.2. The number of rotatable bonds is 6. The molecule has 2 heteroatoms. The summed E-state index contributed by atoms with van der Waals surface area (Å²) in [6.45, 7) is 4.82. The Hall–Kier alpha value is -0.630. The maximum atomic E-state index is 11.2. The molecule has 0 heterocycles. The fourth-order valence-electron chi connectivity index (χ4n) is 1.40. The quantitative estimate of drug-likeness (QED) is 0.480. The van der Waals surface area contributed by atoms with Gasteiger partial charge in [-0.2, -0.15) is 0 Å². The Kier molecular flexibility index (Phi) is 4.01. The molecule has 0 aliphatic heterocycles. The van der Waals surface area contributed by atoms with Gasteiger partial charge in [-0.3, -0.25) is 4.79 Å². The van der Waals surface area contributed by atoms with Gasteiger partial charge in [-0.05, 0) is 5.92 Å². The maximum Gasteiger partial charge on any atom is 0.146 e. The number of hydrogen-bond acceptors (Lipinski definition) is 2. The summed E-state index contributed by atoms with van der Waals surface area (Å²) in [4.78, 5) is 11.2. The highest BCUT2D eigenvalue weighted by atomic mass is 16.1. The van der Waals surface area contributed by atoms with Crippen molar-refractivity contribution in [1.82, 2.24) is 5.32 Å². The van der Waals surface area contributed by atoms with Crippen molar-refractivity contribution in [3.63, 3.8) is 0 Å². The van der Waals surface area contributed by atoms with Gasteiger partial charge in [-0.15, -0.1) is 6.58 Å². The average molecular weight is 167 g/mol. The predicted octanol–water partition coefficient (Wildman–Crippen LogP) is 1.52. The molecule has 0 unspecified atom stereocenters. The van der Waals surface area contributed by atoms with Crippen LogP contribution in [0.15, 0.2) is 12.7 Å². The van der Waals surface area contributed by atoms with E-state index in [1.807, 2.05) is 0 Å². The average Bonchev–Trinajstić information content (AvgIpc) is 1.98. The minimum absolute atomic E-state index is 0.349. The van der Waals surface area contributed by atoms with Gasteiger partial charge in [0.1, 0.15) is 5.78 Å². The van der Waals surface area contributed by atoms with E-state index in [2.05, 4.69) is 11.9 Å². The highest BCUT2D eigenvalue weighted by Gasteiger charge is 2.19. The Bertz CT molecular complexity index is 161. The molecule has 1 fully saturated rings. The second-order valence-corrected chi connectivity index (χ2v) is 3.46. The second-order valence-electron chi connectivity index (χ2n) is 3.46. The summed E-state index contributed by atoms with van der Waals surface area (Å²) in [5.74, 6) is 1.05. The Labute approximate surface area is 74.0 Å². The normalized spacial score (nSPS) is 17.0. The molecular formula is C10H17NO. The third-order valence-corrected chi connectivity index (χ3v) is 2.35. The fourth-order valence-corrected chi connectivity index (χ4v) is 1.40. The molecule has 0 aromatic carbocycles. The van der Waals surface area contributed by atoms with E-state index in [0.717, 1.165) is 13.0 Å². The van der Waals surface area contributed by atoms with E-state index in [0.29, 0.717) is 18.2 Å². The van der Waals surface area contributed by atoms with Gasteiger partial charge in [-0.25, -0.2) is 0 Å². The molecule has 0 saturated heterocycles. The Balaban J connectivity index is 1.99. The minimum Gasteiger partial charge on any atom is -0.307 e. The summed E-state index contributed by atoms with van der Waals surface area (Å²) in [6, 6.07) is 0. The number of ketones is 1. The molecule has 0 radical (unpaired) electrons. The van der Waals surface area contributed by atoms with Crippen LogP contribution in [0.3, 0.4) is 0 Å². The van der Waals surface area contributed by atoms with E-state index in [4.69, 9.17) is 0 Å². The Morgan fingerprint density at radius 3 is 2.83 bits per heavy atom. The minimum atomic E-state index is 0.349. The summed E-state index contributed by atoms with van der Waals surface area (Å²) >= 11 is 0. The number of carbonyl (C=O) groups excluding carboxylic acids is 1. The Morgan fingerprint density at radius 1 is 1.58 bits per heavy atom. The van der Waals surface area contributed by atoms with Crippen LogP contribution in [0.25, 0.3) is 0 Å². The standard InChI is InChI=1S/C10H17NO/c1-2-6-11-8-10(12)7-9-4-3-5-9/h2,9,11H,1,3-8H2. The lowest BCUT2D eigenvalue weighted by molar-refractivity contribution is -0.119. The van der Waals surface area contributed by atoms with E-state index in [1.165, 1.54) is 19.3 Å². The van der Waals surface area contributed by atoms with Crippen LogP contribution in [-0.4, -0.2) is 18.9 Å². The lowest BCUT2D eigenvalue weighted by Gasteiger charge is -2.24. The summed E-state index contributed by atoms with van der Waals surface area (Å²) in [5.41, 5.74) is 0. The summed E-state index contributed by atoms with van der Waals surface area (Å²) in [6.07, 6.45) is 6.39. The molecule has 0 spiro atoms. The molecule has 1 aliphatic carbocycles. The number of carbonyl (C=O) groups is 1. The first-order chi connectivity index (χ1) is 5.83. The van der Waals surface area contributed by atoms with Crippen LogP contribution in [0.5, 0.6) is 0 Å². The van der Waals surface area contributed by atoms with E-state index in [9.17, 15) is 4.79 Å². The highest BCUT2D eigenvalue weighted by molar-refractivity contribution is 5.80. The first kappa shape index (κ1) is 9.46. The second kappa shape index (κ2) is 5.09. The smallest absolute Gasteiger partial charge is 0.146 e. The molecule has 2 nitrogen and oxygen atoms in total. The Morgan fingerprint density at radius 2 is 2.33 bits per heavy atom. The number of nitrogens with one attached hydrogen (secondary N) is 1. The molecule has 0 aromatic heterocycles. The molecule has 68 valence electrons. The van der Waals surface area contributed by atoms with Crippen molar-refractivity contribution in [2.75, 3.05) is 13.1 Å². The van der Waals surface area contributed by atoms with Gasteiger partial charge in [-0.1, -0.05) is 25.3 Å². The van der Waals surface area contributed by atoms with Crippen molar-refractivity contribution < 1.29 is 4.79 Å². The van der Waals surface area contributed by atoms with Crippen LogP contribution in [-0.2, 0) is 4.79 Å². The molecule has 0 atom stereocenters. The van der Waals surface area contributed by atoms with Gasteiger partial charge in [0.15, 0.2) is 0 Å². The van der Waals surface area contributed by atoms with Crippen molar-refractivity contribution in [1.29, 1.82) is 0 Å². The largest absolute Gasteiger partial charge is 0.307 e. The van der Waals surface area contributed by atoms with E-state index >= 15 is 0 Å². The summed E-state index contributed by atoms with van der Waals surface area (Å²) < 4.78 is 0. The van der Waals surface area contributed by atoms with Crippen molar-refractivity contribution >= 4 is 5.78 Å². The zero-order valence-corrected chi connectivity index (χ0v) is 7.51. The fraction of sp³-hybridized carbons (Fsp3) is 0.700. The monoisotopic (exact) mass is 167 g/mol. The topological polar surface area (TPSA) is 29.1 Å². The molecule has 0 bridgehead atoms. The zero-order valence-electron chi connectivity index (χ0n) is 7.51. The van der Waals surface area contributed by atoms with Crippen LogP contribution < -0.4 is 5.32 Å². The van der Waals surface area contributed by atoms with Crippen molar-refractivity contribution in [2.45, 2.75) is 25.7 Å². The van der Waals surface area contributed by atoms with Crippen molar-refractivity contribution in [3.8, 4) is 0 Å². The molecule has 1 saturated carbocycles. The number of Topliss-reactive ketones (excluding diaryl/α,β-unsaturated/α-hetero) is 1. The molecule has 0 aromatic rings. The predicted molar refractivity (Wildman–Crippen MR) is 50.0 cm³/mol. The van der Waals surface area contributed by atoms with Gasteiger partial charge >= 0.3 is 0 Å². The van der Waals surface area contributed by atoms with Crippen LogP contribution in [0, 0.1) is 5.92 Å². The molecule has 12 heavy (non-hydrogen) atoms. The first-order valence-electron chi connectivity index (χ1n) is 4.66. The van der Waals surface area contributed by atoms with Crippen molar-refractivity contribution in [3.05, 3.63) is 12.7 Å². The molecular weight excluding hydrogens is 150 g/mol. The van der Waals surface area contributed by atoms with Crippen LogP contribution in [0.4, 0.5) is 0 Å². The summed E-state index contributed by atoms with van der Waals surface area (Å²) in [7, 11) is 0. The van der Waals surface area contributed by atoms with Gasteiger partial charge in [0.25, 0.3) is 0 Å². The highest BCUT2D eigenvalue weighted by Crippen LogP contribution is 2.29. The summed E-state index contributed by atoms with van der Waals surface area (Å²) in [5, 5.41) is 3.02. The third-order valence-electron chi connectivity index (χ3n) is 2.35. The molecule has 1 N–H and O–H groups in total. The van der Waals surface area contributed by atoms with Crippen molar-refractivity contribution in [2.24, 2.45) is 5.92 Å². The van der Waals surface area contributed by atoms with Crippen LogP contribution in [0.1, 0.15) is 25.7 Å². The molecule has 0 amide bonds. The van der Waals surface area contributed by atoms with Gasteiger partial charge in [0.2, 0.25) is 0 Å². The van der Waals surface area contributed by atoms with Gasteiger partial charge < -0.3 is 5.32 Å². The third kappa shape index (κ3) is 3.18. The first-order valence-corrected chi connectivity index (χ1v) is 4.66. The zero-order chi connectivity index (χ0) is 8.81. The van der Waals surface area contributed by atoms with E-state index < -0.39 is 0 Å². The van der Waals surface area contributed by atoms with E-state index in [-0.39, 0.29) is 0 Å². The van der Waals surface area contributed by atoms with Crippen LogP contribution >= 0.6 is 0 Å². The lowest BCUT2D eigenvalue weighted by atomic mass is 9.82. The van der Waals surface area contributed by atoms with E-state index in [1.54, 1.807) is 6.08 Å². The number of hydrogen-bond donors (Lipinski definition) is 1. The van der Waals surface area contributed by atoms with Gasteiger partial charge in [0.05, 0.1) is 6.54 Å². The molecule has 1 aliphatic rings.